The molecule has 2 aromatic rings. The van der Waals surface area contributed by atoms with Gasteiger partial charge in [0.1, 0.15) is 12.2 Å². The van der Waals surface area contributed by atoms with E-state index in [0.717, 1.165) is 18.8 Å². The van der Waals surface area contributed by atoms with E-state index in [1.807, 2.05) is 21.5 Å². The number of nitrogens with zero attached hydrogens (tertiary/aromatic N) is 5. The van der Waals surface area contributed by atoms with E-state index < -0.39 is 0 Å². The van der Waals surface area contributed by atoms with E-state index in [1.165, 1.54) is 6.33 Å². The van der Waals surface area contributed by atoms with Crippen LogP contribution >= 0.6 is 0 Å². The maximum Gasteiger partial charge on any atom is 0.186 e. The van der Waals surface area contributed by atoms with Gasteiger partial charge in [0.05, 0.1) is 12.2 Å². The molecule has 0 unspecified atom stereocenters. The van der Waals surface area contributed by atoms with Crippen LogP contribution in [-0.2, 0) is 13.1 Å². The van der Waals surface area contributed by atoms with Crippen molar-refractivity contribution in [1.82, 2.24) is 19.3 Å². The van der Waals surface area contributed by atoms with Gasteiger partial charge in [-0.2, -0.15) is 5.10 Å². The highest BCUT2D eigenvalue weighted by Gasteiger charge is 2.09. The summed E-state index contributed by atoms with van der Waals surface area (Å²) in [4.78, 5) is 4.22. The van der Waals surface area contributed by atoms with Gasteiger partial charge in [-0.05, 0) is 18.6 Å². The summed E-state index contributed by atoms with van der Waals surface area (Å²) in [5.41, 5.74) is 6.26. The highest BCUT2D eigenvalue weighted by Crippen LogP contribution is 2.06. The van der Waals surface area contributed by atoms with Crippen molar-refractivity contribution in [3.8, 4) is 0 Å². The molecule has 0 bridgehead atoms. The summed E-state index contributed by atoms with van der Waals surface area (Å²) in [6, 6.07) is 3.63. The Morgan fingerprint density at radius 3 is 3.11 bits per heavy atom. The lowest BCUT2D eigenvalue weighted by Gasteiger charge is -2.08. The zero-order valence-electron chi connectivity index (χ0n) is 10.2. The predicted octanol–water partition coefficient (Wildman–Crippen LogP) is 0.632. The van der Waals surface area contributed by atoms with E-state index in [-0.39, 0.29) is 5.84 Å². The number of hydrogen-bond acceptors (Lipinski definition) is 4. The number of hydrogen-bond donors (Lipinski definition) is 2. The largest absolute Gasteiger partial charge is 0.409 e. The molecule has 0 aliphatic carbocycles. The highest BCUT2D eigenvalue weighted by molar-refractivity contribution is 5.95. The quantitative estimate of drug-likeness (QED) is 0.351. The van der Waals surface area contributed by atoms with Crippen LogP contribution in [0.15, 0.2) is 29.8 Å². The lowest BCUT2D eigenvalue weighted by Crippen LogP contribution is -2.19. The van der Waals surface area contributed by atoms with Crippen molar-refractivity contribution in [1.29, 1.82) is 0 Å². The molecule has 0 atom stereocenters. The lowest BCUT2D eigenvalue weighted by atomic mass is 10.4. The molecule has 0 amide bonds. The number of aromatic nitrogens is 4. The summed E-state index contributed by atoms with van der Waals surface area (Å²) in [5.74, 6) is 0.932. The topological polar surface area (TPSA) is 94.2 Å². The molecule has 0 saturated heterocycles. The molecule has 2 rings (SSSR count). The molecule has 0 fully saturated rings. The Morgan fingerprint density at radius 1 is 1.56 bits per heavy atom. The summed E-state index contributed by atoms with van der Waals surface area (Å²) < 4.78 is 3.72. The molecule has 0 aliphatic rings. The van der Waals surface area contributed by atoms with Gasteiger partial charge in [0.2, 0.25) is 0 Å². The van der Waals surface area contributed by atoms with Crippen LogP contribution < -0.4 is 5.73 Å². The van der Waals surface area contributed by atoms with Crippen LogP contribution in [0.1, 0.15) is 24.9 Å². The van der Waals surface area contributed by atoms with Crippen molar-refractivity contribution in [2.24, 2.45) is 10.9 Å². The number of rotatable bonds is 5. The molecular weight excluding hydrogens is 232 g/mol. The lowest BCUT2D eigenvalue weighted by molar-refractivity contribution is 0.318. The third-order valence-electron chi connectivity index (χ3n) is 2.64. The Balaban J connectivity index is 2.24. The van der Waals surface area contributed by atoms with Gasteiger partial charge >= 0.3 is 0 Å². The zero-order valence-corrected chi connectivity index (χ0v) is 10.2. The van der Waals surface area contributed by atoms with Gasteiger partial charge in [-0.3, -0.25) is 0 Å². The third-order valence-corrected chi connectivity index (χ3v) is 2.64. The fraction of sp³-hybridized carbons (Fsp3) is 0.364. The standard InChI is InChI=1S/C11H16N6O/c1-2-5-17-10(13-8-14-17)7-16-6-3-4-9(16)11(12)15-18/h3-4,6,8,18H,2,5,7H2,1H3,(H2,12,15). The number of aryl methyl sites for hydroxylation is 1. The van der Waals surface area contributed by atoms with Crippen LogP contribution in [0, 0.1) is 0 Å². The molecule has 3 N–H and O–H groups in total. The predicted molar refractivity (Wildman–Crippen MR) is 66.4 cm³/mol. The van der Waals surface area contributed by atoms with Gasteiger partial charge in [-0.25, -0.2) is 9.67 Å². The second-order valence-electron chi connectivity index (χ2n) is 3.91. The maximum absolute atomic E-state index is 8.71. The summed E-state index contributed by atoms with van der Waals surface area (Å²) >= 11 is 0. The van der Waals surface area contributed by atoms with E-state index in [4.69, 9.17) is 10.9 Å². The molecule has 2 heterocycles. The number of nitrogens with two attached hydrogens (primary N) is 1. The molecule has 7 nitrogen and oxygen atoms in total. The SMILES string of the molecule is CCCn1ncnc1Cn1cccc1/C(N)=N/O. The fourth-order valence-corrected chi connectivity index (χ4v) is 1.80. The Bertz CT molecular complexity index is 541. The molecule has 2 aromatic heterocycles. The minimum Gasteiger partial charge on any atom is -0.409 e. The molecule has 0 spiro atoms. The van der Waals surface area contributed by atoms with Gasteiger partial charge in [0, 0.05) is 12.7 Å². The molecule has 0 radical (unpaired) electrons. The van der Waals surface area contributed by atoms with Gasteiger partial charge in [0.25, 0.3) is 0 Å². The van der Waals surface area contributed by atoms with E-state index >= 15 is 0 Å². The van der Waals surface area contributed by atoms with E-state index in [0.29, 0.717) is 12.2 Å². The maximum atomic E-state index is 8.71. The van der Waals surface area contributed by atoms with E-state index in [9.17, 15) is 0 Å². The van der Waals surface area contributed by atoms with Gasteiger partial charge < -0.3 is 15.5 Å². The summed E-state index contributed by atoms with van der Waals surface area (Å²) in [7, 11) is 0. The minimum absolute atomic E-state index is 0.0848. The molecule has 7 heteroatoms. The van der Waals surface area contributed by atoms with Crippen LogP contribution in [0.5, 0.6) is 0 Å². The third kappa shape index (κ3) is 2.34. The first-order chi connectivity index (χ1) is 8.76. The van der Waals surface area contributed by atoms with Crippen molar-refractivity contribution in [3.05, 3.63) is 36.2 Å². The molecular formula is C11H16N6O. The Labute approximate surface area is 105 Å². The monoisotopic (exact) mass is 248 g/mol. The van der Waals surface area contributed by atoms with Gasteiger partial charge in [0.15, 0.2) is 5.84 Å². The normalized spacial score (nSPS) is 11.9. The highest BCUT2D eigenvalue weighted by atomic mass is 16.4. The molecule has 0 aromatic carbocycles. The van der Waals surface area contributed by atoms with Crippen molar-refractivity contribution >= 4 is 5.84 Å². The summed E-state index contributed by atoms with van der Waals surface area (Å²) in [6.45, 7) is 3.46. The second-order valence-corrected chi connectivity index (χ2v) is 3.91. The van der Waals surface area contributed by atoms with Crippen LogP contribution in [0.3, 0.4) is 0 Å². The number of amidine groups is 1. The molecule has 0 aliphatic heterocycles. The minimum atomic E-state index is 0.0848. The second kappa shape index (κ2) is 5.35. The van der Waals surface area contributed by atoms with Crippen molar-refractivity contribution in [2.45, 2.75) is 26.4 Å². The molecule has 96 valence electrons. The van der Waals surface area contributed by atoms with Crippen molar-refractivity contribution in [3.63, 3.8) is 0 Å². The van der Waals surface area contributed by atoms with Crippen LogP contribution in [0.2, 0.25) is 0 Å². The van der Waals surface area contributed by atoms with Crippen LogP contribution in [0.4, 0.5) is 0 Å². The van der Waals surface area contributed by atoms with Gasteiger partial charge in [-0.15, -0.1) is 0 Å². The van der Waals surface area contributed by atoms with Crippen molar-refractivity contribution < 1.29 is 5.21 Å². The molecule has 0 saturated carbocycles. The molecule has 18 heavy (non-hydrogen) atoms. The van der Waals surface area contributed by atoms with Crippen LogP contribution in [0.25, 0.3) is 0 Å². The average molecular weight is 248 g/mol. The first-order valence-electron chi connectivity index (χ1n) is 5.76. The Kier molecular flexibility index (Phi) is 3.61. The van der Waals surface area contributed by atoms with Gasteiger partial charge in [-0.1, -0.05) is 12.1 Å². The van der Waals surface area contributed by atoms with Crippen molar-refractivity contribution in [2.75, 3.05) is 0 Å². The summed E-state index contributed by atoms with van der Waals surface area (Å²) in [6.07, 6.45) is 4.39. The van der Waals surface area contributed by atoms with Crippen LogP contribution in [-0.4, -0.2) is 30.4 Å². The average Bonchev–Trinajstić information content (AvgIpc) is 3.00. The Morgan fingerprint density at radius 2 is 2.39 bits per heavy atom. The van der Waals surface area contributed by atoms with E-state index in [2.05, 4.69) is 22.2 Å². The smallest absolute Gasteiger partial charge is 0.186 e. The first-order valence-corrected chi connectivity index (χ1v) is 5.76. The van der Waals surface area contributed by atoms with E-state index in [1.54, 1.807) is 6.07 Å². The summed E-state index contributed by atoms with van der Waals surface area (Å²) in [5, 5.41) is 15.9. The number of oxime groups is 1. The zero-order chi connectivity index (χ0) is 13.0. The first kappa shape index (κ1) is 12.2. The fourth-order valence-electron chi connectivity index (χ4n) is 1.80. The Hall–Kier alpha value is -2.31.